The molecule has 1 aliphatic heterocycles. The van der Waals surface area contributed by atoms with Crippen molar-refractivity contribution in [2.45, 2.75) is 25.2 Å². The van der Waals surface area contributed by atoms with Crippen molar-refractivity contribution in [2.24, 2.45) is 0 Å². The van der Waals surface area contributed by atoms with Gasteiger partial charge in [0.2, 0.25) is 0 Å². The summed E-state index contributed by atoms with van der Waals surface area (Å²) in [6.07, 6.45) is 2.36. The predicted octanol–water partition coefficient (Wildman–Crippen LogP) is 0.137. The first-order valence-corrected chi connectivity index (χ1v) is 8.51. The molecule has 1 heterocycles. The Hall–Kier alpha value is -0.560. The second kappa shape index (κ2) is 4.75. The Labute approximate surface area is 96.3 Å². The molecule has 0 aromatic carbocycles. The molecule has 0 aromatic rings. The summed E-state index contributed by atoms with van der Waals surface area (Å²) in [4.78, 5) is 0. The first kappa shape index (κ1) is 13.5. The average Bonchev–Trinajstić information content (AvgIpc) is 2.19. The molecule has 1 saturated heterocycles. The zero-order chi connectivity index (χ0) is 12.4. The normalized spacial score (nSPS) is 30.0. The zero-order valence-corrected chi connectivity index (χ0v) is 10.9. The summed E-state index contributed by atoms with van der Waals surface area (Å²) in [5.41, 5.74) is 0. The molecule has 1 fully saturated rings. The summed E-state index contributed by atoms with van der Waals surface area (Å²) in [5, 5.41) is -0.956. The summed E-state index contributed by atoms with van der Waals surface area (Å²) < 4.78 is 51.3. The van der Waals surface area contributed by atoms with Gasteiger partial charge in [-0.1, -0.05) is 6.08 Å². The lowest BCUT2D eigenvalue weighted by atomic mass is 10.3. The van der Waals surface area contributed by atoms with Crippen LogP contribution >= 0.6 is 0 Å². The van der Waals surface area contributed by atoms with E-state index in [9.17, 15) is 16.8 Å². The van der Waals surface area contributed by atoms with Gasteiger partial charge in [-0.3, -0.25) is 0 Å². The quantitative estimate of drug-likeness (QED) is 0.680. The molecule has 0 amide bonds. The minimum absolute atomic E-state index is 0.276. The third-order valence-corrected chi connectivity index (χ3v) is 6.92. The van der Waals surface area contributed by atoms with Gasteiger partial charge in [-0.25, -0.2) is 16.8 Å². The smallest absolute Gasteiger partial charge is 0.158 e. The van der Waals surface area contributed by atoms with Gasteiger partial charge in [0.25, 0.3) is 0 Å². The molecule has 7 heteroatoms. The Kier molecular flexibility index (Phi) is 4.01. The van der Waals surface area contributed by atoms with E-state index >= 15 is 0 Å². The van der Waals surface area contributed by atoms with Crippen molar-refractivity contribution in [2.75, 3.05) is 17.3 Å². The maximum Gasteiger partial charge on any atom is 0.158 e. The van der Waals surface area contributed by atoms with Crippen LogP contribution in [0.15, 0.2) is 12.3 Å². The lowest BCUT2D eigenvalue weighted by Crippen LogP contribution is -2.46. The lowest BCUT2D eigenvalue weighted by molar-refractivity contribution is 0.160. The van der Waals surface area contributed by atoms with Crippen LogP contribution in [0.3, 0.4) is 0 Å². The third-order valence-electron chi connectivity index (χ3n) is 2.51. The van der Waals surface area contributed by atoms with Crippen molar-refractivity contribution in [1.29, 1.82) is 0 Å². The van der Waals surface area contributed by atoms with E-state index < -0.39 is 31.0 Å². The summed E-state index contributed by atoms with van der Waals surface area (Å²) in [7, 11) is -6.62. The van der Waals surface area contributed by atoms with E-state index in [0.717, 1.165) is 0 Å². The Balaban J connectivity index is 2.90. The van der Waals surface area contributed by atoms with E-state index in [2.05, 4.69) is 0 Å². The highest BCUT2D eigenvalue weighted by Gasteiger charge is 2.40. The fourth-order valence-corrected chi connectivity index (χ4v) is 6.83. The fraction of sp³-hybridized carbons (Fsp3) is 0.778. The first-order chi connectivity index (χ1) is 7.28. The largest absolute Gasteiger partial charge is 0.497 e. The number of rotatable bonds is 3. The molecule has 1 rings (SSSR count). The van der Waals surface area contributed by atoms with E-state index in [-0.39, 0.29) is 17.3 Å². The molecule has 2 unspecified atom stereocenters. The molecule has 0 aliphatic carbocycles. The van der Waals surface area contributed by atoms with Crippen LogP contribution in [0.4, 0.5) is 0 Å². The van der Waals surface area contributed by atoms with Crippen LogP contribution in [0.2, 0.25) is 0 Å². The van der Waals surface area contributed by atoms with E-state index in [4.69, 9.17) is 4.74 Å². The molecular weight excluding hydrogens is 252 g/mol. The van der Waals surface area contributed by atoms with Gasteiger partial charge < -0.3 is 4.74 Å². The standard InChI is InChI=1S/C9H16O5S2/c1-3-4-14-8(2)9-7-15(10,11)5-6-16(9,12)13/h3-4,8-9H,5-7H2,1-2H3/b4-3+. The summed E-state index contributed by atoms with van der Waals surface area (Å²) in [6, 6.07) is 0. The van der Waals surface area contributed by atoms with Gasteiger partial charge in [-0.15, -0.1) is 0 Å². The fourth-order valence-electron chi connectivity index (χ4n) is 1.55. The Morgan fingerprint density at radius 3 is 2.44 bits per heavy atom. The molecule has 0 aromatic heterocycles. The van der Waals surface area contributed by atoms with Crippen molar-refractivity contribution in [3.05, 3.63) is 12.3 Å². The molecule has 0 spiro atoms. The molecule has 2 atom stereocenters. The van der Waals surface area contributed by atoms with Crippen LogP contribution in [-0.4, -0.2) is 45.4 Å². The summed E-state index contributed by atoms with van der Waals surface area (Å²) in [6.45, 7) is 3.31. The minimum Gasteiger partial charge on any atom is -0.497 e. The molecule has 0 N–H and O–H groups in total. The van der Waals surface area contributed by atoms with Gasteiger partial charge in [0.1, 0.15) is 11.4 Å². The van der Waals surface area contributed by atoms with Gasteiger partial charge in [0, 0.05) is 0 Å². The highest BCUT2D eigenvalue weighted by atomic mass is 32.2. The highest BCUT2D eigenvalue weighted by Crippen LogP contribution is 2.19. The molecule has 16 heavy (non-hydrogen) atoms. The number of hydrogen-bond donors (Lipinski definition) is 0. The van der Waals surface area contributed by atoms with Crippen LogP contribution in [-0.2, 0) is 24.4 Å². The molecule has 94 valence electrons. The van der Waals surface area contributed by atoms with Gasteiger partial charge in [0.05, 0.1) is 23.5 Å². The van der Waals surface area contributed by atoms with E-state index in [1.165, 1.54) is 6.26 Å². The maximum atomic E-state index is 11.7. The Bertz CT molecular complexity index is 460. The van der Waals surface area contributed by atoms with Gasteiger partial charge in [0.15, 0.2) is 19.7 Å². The van der Waals surface area contributed by atoms with E-state index in [0.29, 0.717) is 0 Å². The van der Waals surface area contributed by atoms with Crippen molar-refractivity contribution in [3.8, 4) is 0 Å². The zero-order valence-electron chi connectivity index (χ0n) is 9.29. The summed E-state index contributed by atoms with van der Waals surface area (Å²) >= 11 is 0. The van der Waals surface area contributed by atoms with Crippen molar-refractivity contribution < 1.29 is 21.6 Å². The van der Waals surface area contributed by atoms with Crippen molar-refractivity contribution in [3.63, 3.8) is 0 Å². The minimum atomic E-state index is -3.36. The molecule has 0 saturated carbocycles. The Morgan fingerprint density at radius 1 is 1.25 bits per heavy atom. The van der Waals surface area contributed by atoms with Crippen molar-refractivity contribution in [1.82, 2.24) is 0 Å². The Morgan fingerprint density at radius 2 is 1.88 bits per heavy atom. The second-order valence-corrected chi connectivity index (χ2v) is 8.40. The average molecular weight is 268 g/mol. The van der Waals surface area contributed by atoms with Crippen LogP contribution in [0.1, 0.15) is 13.8 Å². The SMILES string of the molecule is C/C=C/OC(C)C1CS(=O)(=O)CCS1(=O)=O. The van der Waals surface area contributed by atoms with Gasteiger partial charge >= 0.3 is 0 Å². The molecule has 0 radical (unpaired) electrons. The van der Waals surface area contributed by atoms with E-state index in [1.807, 2.05) is 0 Å². The topological polar surface area (TPSA) is 77.5 Å². The number of allylic oxidation sites excluding steroid dienone is 1. The van der Waals surface area contributed by atoms with Crippen LogP contribution in [0.5, 0.6) is 0 Å². The van der Waals surface area contributed by atoms with Crippen LogP contribution < -0.4 is 0 Å². The second-order valence-electron chi connectivity index (χ2n) is 3.83. The first-order valence-electron chi connectivity index (χ1n) is 4.97. The third kappa shape index (κ3) is 3.21. The van der Waals surface area contributed by atoms with Crippen LogP contribution in [0.25, 0.3) is 0 Å². The predicted molar refractivity (Wildman–Crippen MR) is 61.6 cm³/mol. The molecular formula is C9H16O5S2. The van der Waals surface area contributed by atoms with Crippen LogP contribution in [0, 0.1) is 0 Å². The molecule has 0 bridgehead atoms. The monoisotopic (exact) mass is 268 g/mol. The highest BCUT2D eigenvalue weighted by molar-refractivity contribution is 7.98. The molecule has 1 aliphatic rings. The molecule has 5 nitrogen and oxygen atoms in total. The van der Waals surface area contributed by atoms with Gasteiger partial charge in [-0.05, 0) is 13.8 Å². The number of sulfone groups is 2. The maximum absolute atomic E-state index is 11.7. The van der Waals surface area contributed by atoms with Crippen molar-refractivity contribution >= 4 is 19.7 Å². The summed E-state index contributed by atoms with van der Waals surface area (Å²) in [5.74, 6) is -0.917. The number of ether oxygens (including phenoxy) is 1. The number of hydrogen-bond acceptors (Lipinski definition) is 5. The van der Waals surface area contributed by atoms with E-state index in [1.54, 1.807) is 19.9 Å². The lowest BCUT2D eigenvalue weighted by Gasteiger charge is -2.26. The van der Waals surface area contributed by atoms with Gasteiger partial charge in [-0.2, -0.15) is 0 Å².